The van der Waals surface area contributed by atoms with Crippen molar-refractivity contribution < 1.29 is 4.79 Å². The van der Waals surface area contributed by atoms with Gasteiger partial charge in [-0.2, -0.15) is 0 Å². The molecule has 0 fully saturated rings. The van der Waals surface area contributed by atoms with Crippen molar-refractivity contribution >= 4 is 6.29 Å². The Morgan fingerprint density at radius 3 is 1.88 bits per heavy atom. The molecule has 0 radical (unpaired) electrons. The van der Waals surface area contributed by atoms with Crippen molar-refractivity contribution in [2.24, 2.45) is 5.41 Å². The first-order valence-corrected chi connectivity index (χ1v) is 5.80. The van der Waals surface area contributed by atoms with E-state index < -0.39 is 0 Å². The lowest BCUT2D eigenvalue weighted by Gasteiger charge is -2.33. The van der Waals surface area contributed by atoms with Gasteiger partial charge < -0.3 is 0 Å². The normalized spacial score (nSPS) is 12.6. The minimum atomic E-state index is 0.152. The summed E-state index contributed by atoms with van der Waals surface area (Å²) in [7, 11) is 0. The molecular formula is C15H22O. The van der Waals surface area contributed by atoms with Crippen LogP contribution in [-0.4, -0.2) is 6.29 Å². The van der Waals surface area contributed by atoms with Gasteiger partial charge in [-0.3, -0.25) is 4.79 Å². The Bertz CT molecular complexity index is 352. The van der Waals surface area contributed by atoms with Crippen LogP contribution in [0.15, 0.2) is 24.3 Å². The lowest BCUT2D eigenvalue weighted by atomic mass is 9.72. The lowest BCUT2D eigenvalue weighted by Crippen LogP contribution is -2.24. The number of hydrogen-bond acceptors (Lipinski definition) is 1. The van der Waals surface area contributed by atoms with Crippen LogP contribution in [-0.2, 0) is 5.41 Å². The average Bonchev–Trinajstić information content (AvgIpc) is 2.14. The fourth-order valence-corrected chi connectivity index (χ4v) is 2.44. The molecule has 0 aliphatic heterocycles. The highest BCUT2D eigenvalue weighted by molar-refractivity contribution is 5.74. The van der Waals surface area contributed by atoms with Crippen LogP contribution in [0.2, 0.25) is 0 Å². The summed E-state index contributed by atoms with van der Waals surface area (Å²) in [6.07, 6.45) is 2.01. The Balaban J connectivity index is 2.93. The third kappa shape index (κ3) is 3.48. The molecule has 0 N–H and O–H groups in total. The second-order valence-electron chi connectivity index (χ2n) is 6.36. The van der Waals surface area contributed by atoms with E-state index in [0.717, 1.165) is 18.3 Å². The summed E-state index contributed by atoms with van der Waals surface area (Å²) in [6.45, 7) is 11.3. The molecule has 1 nitrogen and oxygen atoms in total. The maximum Gasteiger partial charge on any atom is 0.150 e. The third-order valence-electron chi connectivity index (χ3n) is 2.80. The van der Waals surface area contributed by atoms with Crippen molar-refractivity contribution in [3.05, 3.63) is 35.4 Å². The van der Waals surface area contributed by atoms with Gasteiger partial charge in [0.05, 0.1) is 0 Å². The molecule has 0 aliphatic rings. The summed E-state index contributed by atoms with van der Waals surface area (Å²) < 4.78 is 0. The zero-order valence-electron chi connectivity index (χ0n) is 11.0. The van der Waals surface area contributed by atoms with Crippen LogP contribution in [0.4, 0.5) is 0 Å². The fourth-order valence-electron chi connectivity index (χ4n) is 2.44. The minimum absolute atomic E-state index is 0.152. The molecule has 0 spiro atoms. The van der Waals surface area contributed by atoms with Gasteiger partial charge >= 0.3 is 0 Å². The first-order valence-electron chi connectivity index (χ1n) is 5.80. The van der Waals surface area contributed by atoms with E-state index in [4.69, 9.17) is 0 Å². The van der Waals surface area contributed by atoms with Gasteiger partial charge in [-0.25, -0.2) is 0 Å². The molecule has 16 heavy (non-hydrogen) atoms. The van der Waals surface area contributed by atoms with Crippen molar-refractivity contribution in [3.63, 3.8) is 0 Å². The molecule has 0 heterocycles. The molecule has 0 bridgehead atoms. The molecule has 88 valence electrons. The highest BCUT2D eigenvalue weighted by Gasteiger charge is 2.26. The predicted octanol–water partition coefficient (Wildman–Crippen LogP) is 4.21. The summed E-state index contributed by atoms with van der Waals surface area (Å²) >= 11 is 0. The summed E-state index contributed by atoms with van der Waals surface area (Å²) in [5.41, 5.74) is 2.51. The fraction of sp³-hybridized carbons (Fsp3) is 0.533. The molecular weight excluding hydrogens is 196 g/mol. The van der Waals surface area contributed by atoms with Crippen LogP contribution < -0.4 is 0 Å². The monoisotopic (exact) mass is 218 g/mol. The van der Waals surface area contributed by atoms with Crippen LogP contribution in [0.25, 0.3) is 0 Å². The predicted molar refractivity (Wildman–Crippen MR) is 68.9 cm³/mol. The van der Waals surface area contributed by atoms with Crippen LogP contribution in [0, 0.1) is 5.41 Å². The average molecular weight is 218 g/mol. The van der Waals surface area contributed by atoms with Gasteiger partial charge in [0.15, 0.2) is 0 Å². The Labute approximate surface area is 98.9 Å². The Morgan fingerprint density at radius 2 is 1.50 bits per heavy atom. The molecule has 0 atom stereocenters. The highest BCUT2D eigenvalue weighted by Crippen LogP contribution is 2.36. The maximum absolute atomic E-state index is 10.6. The van der Waals surface area contributed by atoms with E-state index in [-0.39, 0.29) is 5.41 Å². The summed E-state index contributed by atoms with van der Waals surface area (Å²) in [6, 6.07) is 7.92. The summed E-state index contributed by atoms with van der Waals surface area (Å²) in [5, 5.41) is 0. The maximum atomic E-state index is 10.6. The van der Waals surface area contributed by atoms with E-state index >= 15 is 0 Å². The SMILES string of the molecule is CC(C)(C)CC(C)(C)c1ccc(C=O)cc1. The second-order valence-corrected chi connectivity index (χ2v) is 6.36. The molecule has 0 amide bonds. The van der Waals surface area contributed by atoms with Crippen molar-refractivity contribution in [1.82, 2.24) is 0 Å². The van der Waals surface area contributed by atoms with Crippen LogP contribution in [0.1, 0.15) is 57.0 Å². The van der Waals surface area contributed by atoms with Crippen LogP contribution in [0.3, 0.4) is 0 Å². The second kappa shape index (κ2) is 4.40. The zero-order valence-corrected chi connectivity index (χ0v) is 11.0. The number of rotatable bonds is 3. The molecule has 0 aliphatic carbocycles. The Kier molecular flexibility index (Phi) is 3.57. The van der Waals surface area contributed by atoms with E-state index in [1.807, 2.05) is 12.1 Å². The first-order chi connectivity index (χ1) is 7.24. The van der Waals surface area contributed by atoms with Gasteiger partial charge in [0.1, 0.15) is 6.29 Å². The summed E-state index contributed by atoms with van der Waals surface area (Å²) in [5.74, 6) is 0. The van der Waals surface area contributed by atoms with Crippen LogP contribution >= 0.6 is 0 Å². The number of hydrogen-bond donors (Lipinski definition) is 0. The summed E-state index contributed by atoms with van der Waals surface area (Å²) in [4.78, 5) is 10.6. The van der Waals surface area contributed by atoms with Gasteiger partial charge in [0.25, 0.3) is 0 Å². The van der Waals surface area contributed by atoms with Crippen molar-refractivity contribution in [1.29, 1.82) is 0 Å². The van der Waals surface area contributed by atoms with Gasteiger partial charge in [-0.05, 0) is 22.8 Å². The molecule has 0 saturated heterocycles. The largest absolute Gasteiger partial charge is 0.298 e. The number of benzene rings is 1. The first kappa shape index (κ1) is 13.0. The van der Waals surface area contributed by atoms with E-state index in [1.165, 1.54) is 5.56 Å². The molecule has 1 heteroatoms. The Morgan fingerprint density at radius 1 is 1.00 bits per heavy atom. The number of aldehydes is 1. The van der Waals surface area contributed by atoms with E-state index in [1.54, 1.807) is 0 Å². The van der Waals surface area contributed by atoms with Crippen molar-refractivity contribution in [2.45, 2.75) is 46.5 Å². The van der Waals surface area contributed by atoms with E-state index in [0.29, 0.717) is 5.41 Å². The van der Waals surface area contributed by atoms with E-state index in [2.05, 4.69) is 46.8 Å². The highest BCUT2D eigenvalue weighted by atomic mass is 16.1. The molecule has 0 aromatic heterocycles. The van der Waals surface area contributed by atoms with Gasteiger partial charge in [-0.15, -0.1) is 0 Å². The quantitative estimate of drug-likeness (QED) is 0.694. The van der Waals surface area contributed by atoms with Gasteiger partial charge in [0, 0.05) is 5.56 Å². The lowest BCUT2D eigenvalue weighted by molar-refractivity contribution is 0.112. The van der Waals surface area contributed by atoms with Crippen molar-refractivity contribution in [2.75, 3.05) is 0 Å². The molecule has 0 saturated carbocycles. The van der Waals surface area contributed by atoms with E-state index in [9.17, 15) is 4.79 Å². The standard InChI is InChI=1S/C15H22O/c1-14(2,3)11-15(4,5)13-8-6-12(10-16)7-9-13/h6-10H,11H2,1-5H3. The Hall–Kier alpha value is -1.11. The van der Waals surface area contributed by atoms with Crippen molar-refractivity contribution in [3.8, 4) is 0 Å². The third-order valence-corrected chi connectivity index (χ3v) is 2.80. The van der Waals surface area contributed by atoms with Gasteiger partial charge in [0.2, 0.25) is 0 Å². The van der Waals surface area contributed by atoms with Gasteiger partial charge in [-0.1, -0.05) is 58.9 Å². The number of carbonyl (C=O) groups excluding carboxylic acids is 1. The molecule has 1 aromatic carbocycles. The topological polar surface area (TPSA) is 17.1 Å². The smallest absolute Gasteiger partial charge is 0.150 e. The minimum Gasteiger partial charge on any atom is -0.298 e. The zero-order chi connectivity index (χ0) is 12.4. The molecule has 1 aromatic rings. The molecule has 1 rings (SSSR count). The molecule has 0 unspecified atom stereocenters. The van der Waals surface area contributed by atoms with Crippen LogP contribution in [0.5, 0.6) is 0 Å². The number of carbonyl (C=O) groups is 1.